The van der Waals surface area contributed by atoms with Crippen molar-refractivity contribution in [2.45, 2.75) is 25.5 Å². The molecule has 0 aliphatic heterocycles. The Hall–Kier alpha value is -1.44. The molecule has 8 heteroatoms. The van der Waals surface area contributed by atoms with Gasteiger partial charge in [0.1, 0.15) is 6.23 Å². The Bertz CT molecular complexity index is 423. The van der Waals surface area contributed by atoms with Crippen LogP contribution in [-0.2, 0) is 12.4 Å². The molecule has 1 aromatic carbocycles. The van der Waals surface area contributed by atoms with Crippen LogP contribution in [0, 0.1) is 0 Å². The van der Waals surface area contributed by atoms with Crippen molar-refractivity contribution >= 4 is 5.69 Å². The molecule has 0 aliphatic rings. The van der Waals surface area contributed by atoms with Crippen molar-refractivity contribution in [3.63, 3.8) is 0 Å². The lowest BCUT2D eigenvalue weighted by Gasteiger charge is -2.18. The zero-order valence-corrected chi connectivity index (χ0v) is 9.02. The molecule has 102 valence electrons. The van der Waals surface area contributed by atoms with Gasteiger partial charge in [-0.1, -0.05) is 0 Å². The minimum atomic E-state index is -4.80. The summed E-state index contributed by atoms with van der Waals surface area (Å²) < 4.78 is 74.7. The number of hydrogen-bond acceptors (Lipinski definition) is 2. The lowest BCUT2D eigenvalue weighted by atomic mass is 10.1. The molecule has 1 aromatic rings. The van der Waals surface area contributed by atoms with Gasteiger partial charge in [-0.15, -0.1) is 0 Å². The van der Waals surface area contributed by atoms with E-state index >= 15 is 0 Å². The molecule has 0 aromatic heterocycles. The Kier molecular flexibility index (Phi) is 3.80. The molecular formula is C10H9F6NO. The fraction of sp³-hybridized carbons (Fsp3) is 0.400. The van der Waals surface area contributed by atoms with Gasteiger partial charge in [-0.3, -0.25) is 0 Å². The van der Waals surface area contributed by atoms with Crippen molar-refractivity contribution in [1.29, 1.82) is 0 Å². The van der Waals surface area contributed by atoms with E-state index in [2.05, 4.69) is 0 Å². The average molecular weight is 273 g/mol. The quantitative estimate of drug-likeness (QED) is 0.638. The predicted octanol–water partition coefficient (Wildman–Crippen LogP) is 3.47. The summed E-state index contributed by atoms with van der Waals surface area (Å²) in [6.07, 6.45) is -11.0. The zero-order valence-electron chi connectivity index (χ0n) is 9.02. The van der Waals surface area contributed by atoms with Gasteiger partial charge >= 0.3 is 12.4 Å². The number of alkyl halides is 6. The van der Waals surface area contributed by atoms with Gasteiger partial charge in [0.15, 0.2) is 0 Å². The summed E-state index contributed by atoms with van der Waals surface area (Å²) >= 11 is 0. The third-order valence-corrected chi connectivity index (χ3v) is 2.02. The summed E-state index contributed by atoms with van der Waals surface area (Å²) in [5.41, 5.74) is -3.30. The van der Waals surface area contributed by atoms with E-state index in [0.717, 1.165) is 6.92 Å². The van der Waals surface area contributed by atoms with Crippen molar-refractivity contribution in [2.24, 2.45) is 0 Å². The van der Waals surface area contributed by atoms with Crippen molar-refractivity contribution in [3.8, 4) is 0 Å². The Morgan fingerprint density at radius 3 is 2.00 bits per heavy atom. The highest BCUT2D eigenvalue weighted by molar-refractivity contribution is 5.55. The SMILES string of the molecule is CC(O)Nc1cc(C(F)(F)F)ccc1C(F)(F)F. The first kappa shape index (κ1) is 14.6. The summed E-state index contributed by atoms with van der Waals surface area (Å²) in [5.74, 6) is 0. The van der Waals surface area contributed by atoms with Gasteiger partial charge in [0.25, 0.3) is 0 Å². The van der Waals surface area contributed by atoms with E-state index < -0.39 is 35.4 Å². The molecule has 0 radical (unpaired) electrons. The van der Waals surface area contributed by atoms with Crippen LogP contribution in [0.15, 0.2) is 18.2 Å². The first-order valence-corrected chi connectivity index (χ1v) is 4.75. The van der Waals surface area contributed by atoms with Gasteiger partial charge in [0.05, 0.1) is 11.1 Å². The van der Waals surface area contributed by atoms with Crippen LogP contribution in [0.5, 0.6) is 0 Å². The lowest BCUT2D eigenvalue weighted by Crippen LogP contribution is -2.19. The van der Waals surface area contributed by atoms with Gasteiger partial charge in [0, 0.05) is 5.69 Å². The molecule has 0 heterocycles. The molecule has 0 saturated carbocycles. The molecule has 0 fully saturated rings. The fourth-order valence-electron chi connectivity index (χ4n) is 1.31. The van der Waals surface area contributed by atoms with E-state index in [0.29, 0.717) is 18.2 Å². The number of aliphatic hydroxyl groups is 1. The fourth-order valence-corrected chi connectivity index (χ4v) is 1.31. The monoisotopic (exact) mass is 273 g/mol. The Morgan fingerprint density at radius 2 is 1.61 bits per heavy atom. The summed E-state index contributed by atoms with van der Waals surface area (Å²) in [6, 6.07) is 0.985. The van der Waals surface area contributed by atoms with E-state index in [9.17, 15) is 26.3 Å². The number of rotatable bonds is 2. The van der Waals surface area contributed by atoms with Crippen molar-refractivity contribution in [3.05, 3.63) is 29.3 Å². The van der Waals surface area contributed by atoms with Gasteiger partial charge in [-0.05, 0) is 25.1 Å². The van der Waals surface area contributed by atoms with Crippen LogP contribution in [0.4, 0.5) is 32.0 Å². The van der Waals surface area contributed by atoms with Crippen molar-refractivity contribution in [1.82, 2.24) is 0 Å². The smallest absolute Gasteiger partial charge is 0.374 e. The topological polar surface area (TPSA) is 32.3 Å². The second-order valence-corrected chi connectivity index (χ2v) is 3.58. The molecule has 0 aliphatic carbocycles. The molecule has 0 bridgehead atoms. The van der Waals surface area contributed by atoms with Gasteiger partial charge in [-0.2, -0.15) is 26.3 Å². The summed E-state index contributed by atoms with van der Waals surface area (Å²) in [7, 11) is 0. The maximum absolute atomic E-state index is 12.5. The van der Waals surface area contributed by atoms with E-state index in [1.807, 2.05) is 5.32 Å². The zero-order chi connectivity index (χ0) is 14.1. The highest BCUT2D eigenvalue weighted by atomic mass is 19.4. The largest absolute Gasteiger partial charge is 0.418 e. The van der Waals surface area contributed by atoms with Gasteiger partial charge in [-0.25, -0.2) is 0 Å². The summed E-state index contributed by atoms with van der Waals surface area (Å²) in [5, 5.41) is 10.9. The molecule has 18 heavy (non-hydrogen) atoms. The van der Waals surface area contributed by atoms with Crippen LogP contribution >= 0.6 is 0 Å². The van der Waals surface area contributed by atoms with Crippen LogP contribution < -0.4 is 5.32 Å². The van der Waals surface area contributed by atoms with Crippen LogP contribution in [0.1, 0.15) is 18.1 Å². The average Bonchev–Trinajstić information content (AvgIpc) is 2.13. The van der Waals surface area contributed by atoms with Crippen LogP contribution in [0.25, 0.3) is 0 Å². The van der Waals surface area contributed by atoms with Crippen LogP contribution in [-0.4, -0.2) is 11.3 Å². The van der Waals surface area contributed by atoms with E-state index in [1.54, 1.807) is 0 Å². The molecule has 0 spiro atoms. The Labute approximate surface area is 98.2 Å². The van der Waals surface area contributed by atoms with E-state index in [4.69, 9.17) is 5.11 Å². The number of benzene rings is 1. The van der Waals surface area contributed by atoms with Crippen LogP contribution in [0.3, 0.4) is 0 Å². The number of anilines is 1. The molecular weight excluding hydrogens is 264 g/mol. The second kappa shape index (κ2) is 4.68. The highest BCUT2D eigenvalue weighted by Gasteiger charge is 2.37. The normalized spacial score (nSPS) is 14.4. The number of halogens is 6. The molecule has 2 nitrogen and oxygen atoms in total. The minimum absolute atomic E-state index is 0.315. The molecule has 1 unspecified atom stereocenters. The maximum atomic E-state index is 12.5. The molecule has 0 saturated heterocycles. The third-order valence-electron chi connectivity index (χ3n) is 2.02. The Morgan fingerprint density at radius 1 is 1.06 bits per heavy atom. The molecule has 1 rings (SSSR count). The molecule has 1 atom stereocenters. The lowest BCUT2D eigenvalue weighted by molar-refractivity contribution is -0.140. The highest BCUT2D eigenvalue weighted by Crippen LogP contribution is 2.38. The van der Waals surface area contributed by atoms with E-state index in [1.165, 1.54) is 0 Å². The molecule has 0 amide bonds. The minimum Gasteiger partial charge on any atom is -0.374 e. The predicted molar refractivity (Wildman–Crippen MR) is 51.7 cm³/mol. The standard InChI is InChI=1S/C10H9F6NO/c1-5(18)17-8-4-6(9(11,12)13)2-3-7(8)10(14,15)16/h2-5,17-18H,1H3. The molecule has 2 N–H and O–H groups in total. The van der Waals surface area contributed by atoms with Gasteiger partial charge < -0.3 is 10.4 Å². The third kappa shape index (κ3) is 3.52. The first-order valence-electron chi connectivity index (χ1n) is 4.75. The second-order valence-electron chi connectivity index (χ2n) is 3.58. The summed E-state index contributed by atoms with van der Waals surface area (Å²) in [4.78, 5) is 0. The summed E-state index contributed by atoms with van der Waals surface area (Å²) in [6.45, 7) is 1.10. The van der Waals surface area contributed by atoms with Crippen molar-refractivity contribution in [2.75, 3.05) is 5.32 Å². The Balaban J connectivity index is 3.30. The van der Waals surface area contributed by atoms with Crippen molar-refractivity contribution < 1.29 is 31.4 Å². The first-order chi connectivity index (χ1) is 8.01. The van der Waals surface area contributed by atoms with E-state index in [-0.39, 0.29) is 0 Å². The van der Waals surface area contributed by atoms with Crippen LogP contribution in [0.2, 0.25) is 0 Å². The maximum Gasteiger partial charge on any atom is 0.418 e. The number of hydrogen-bond donors (Lipinski definition) is 2. The number of aliphatic hydroxyl groups excluding tert-OH is 1. The number of nitrogens with one attached hydrogen (secondary N) is 1. The van der Waals surface area contributed by atoms with Gasteiger partial charge in [0.2, 0.25) is 0 Å².